The zero-order valence-corrected chi connectivity index (χ0v) is 17.0. The van der Waals surface area contributed by atoms with Crippen LogP contribution in [0, 0.1) is 5.82 Å². The second kappa shape index (κ2) is 7.84. The van der Waals surface area contributed by atoms with Gasteiger partial charge in [-0.25, -0.2) is 12.8 Å². The topological polar surface area (TPSA) is 49.4 Å². The van der Waals surface area contributed by atoms with Gasteiger partial charge in [0.15, 0.2) is 0 Å². The maximum Gasteiger partial charge on any atom is 0.261 e. The Hall–Kier alpha value is -1.92. The third kappa shape index (κ3) is 4.08. The fraction of sp³-hybridized carbons (Fsp3) is 0.455. The van der Waals surface area contributed by atoms with Crippen molar-refractivity contribution >= 4 is 15.7 Å². The molecule has 1 N–H and O–H groups in total. The standard InChI is InChI=1S/C22H27FN2O2S/c1-16-3-2-14-25(16)21-11-6-18(15-21)17-4-9-20(10-5-17)24-28(26,27)22-12-7-19(23)8-13-22/h4-5,7-10,12-13,16,18,21,24H,2-3,6,11,14-15H2,1H3/t16-,18?,21-/m0/s1. The Morgan fingerprint density at radius 1 is 1.00 bits per heavy atom. The number of hydrogen-bond acceptors (Lipinski definition) is 3. The van der Waals surface area contributed by atoms with Crippen LogP contribution in [0.5, 0.6) is 0 Å². The number of benzene rings is 2. The van der Waals surface area contributed by atoms with Gasteiger partial charge in [0.05, 0.1) is 4.90 Å². The zero-order valence-electron chi connectivity index (χ0n) is 16.1. The highest BCUT2D eigenvalue weighted by molar-refractivity contribution is 7.92. The Kier molecular flexibility index (Phi) is 5.43. The maximum absolute atomic E-state index is 13.0. The van der Waals surface area contributed by atoms with Crippen LogP contribution in [0.1, 0.15) is 50.5 Å². The molecule has 1 saturated carbocycles. The van der Waals surface area contributed by atoms with Crippen molar-refractivity contribution in [2.24, 2.45) is 0 Å². The second-order valence-electron chi connectivity index (χ2n) is 8.07. The van der Waals surface area contributed by atoms with Gasteiger partial charge in [-0.05, 0) is 93.5 Å². The van der Waals surface area contributed by atoms with Crippen LogP contribution in [0.3, 0.4) is 0 Å². The summed E-state index contributed by atoms with van der Waals surface area (Å²) in [4.78, 5) is 2.72. The van der Waals surface area contributed by atoms with E-state index in [1.807, 2.05) is 24.3 Å². The molecule has 1 heterocycles. The van der Waals surface area contributed by atoms with E-state index in [1.165, 1.54) is 56.3 Å². The third-order valence-corrected chi connectivity index (χ3v) is 7.63. The van der Waals surface area contributed by atoms with E-state index in [0.717, 1.165) is 12.1 Å². The van der Waals surface area contributed by atoms with Crippen LogP contribution in [0.25, 0.3) is 0 Å². The first-order valence-electron chi connectivity index (χ1n) is 10.1. The molecule has 3 atom stereocenters. The van der Waals surface area contributed by atoms with Gasteiger partial charge in [-0.2, -0.15) is 0 Å². The van der Waals surface area contributed by atoms with Crippen molar-refractivity contribution in [2.45, 2.75) is 61.9 Å². The van der Waals surface area contributed by atoms with E-state index in [4.69, 9.17) is 0 Å². The quantitative estimate of drug-likeness (QED) is 0.785. The molecule has 0 bridgehead atoms. The van der Waals surface area contributed by atoms with Crippen LogP contribution in [-0.2, 0) is 10.0 Å². The van der Waals surface area contributed by atoms with Crippen molar-refractivity contribution in [3.63, 3.8) is 0 Å². The van der Waals surface area contributed by atoms with Crippen molar-refractivity contribution in [3.8, 4) is 0 Å². The highest BCUT2D eigenvalue weighted by Crippen LogP contribution is 2.39. The first kappa shape index (κ1) is 19.4. The minimum Gasteiger partial charge on any atom is -0.298 e. The van der Waals surface area contributed by atoms with E-state index in [2.05, 4.69) is 16.5 Å². The minimum absolute atomic E-state index is 0.0522. The molecule has 6 heteroatoms. The molecule has 2 aromatic rings. The smallest absolute Gasteiger partial charge is 0.261 e. The number of rotatable bonds is 5. The second-order valence-corrected chi connectivity index (χ2v) is 9.76. The molecule has 0 aromatic heterocycles. The average Bonchev–Trinajstić information content (AvgIpc) is 3.31. The number of halogens is 1. The van der Waals surface area contributed by atoms with Crippen LogP contribution in [0.4, 0.5) is 10.1 Å². The molecule has 2 fully saturated rings. The predicted octanol–water partition coefficient (Wildman–Crippen LogP) is 4.75. The number of anilines is 1. The van der Waals surface area contributed by atoms with Crippen LogP contribution in [-0.4, -0.2) is 31.9 Å². The largest absolute Gasteiger partial charge is 0.298 e. The molecular formula is C22H27FN2O2S. The molecule has 0 radical (unpaired) electrons. The van der Waals surface area contributed by atoms with Crippen LogP contribution in [0.2, 0.25) is 0 Å². The van der Waals surface area contributed by atoms with Gasteiger partial charge in [0.25, 0.3) is 10.0 Å². The van der Waals surface area contributed by atoms with Crippen molar-refractivity contribution in [1.29, 1.82) is 0 Å². The molecule has 28 heavy (non-hydrogen) atoms. The van der Waals surface area contributed by atoms with Gasteiger partial charge in [-0.15, -0.1) is 0 Å². The van der Waals surface area contributed by atoms with Gasteiger partial charge in [0.2, 0.25) is 0 Å². The molecule has 1 aliphatic carbocycles. The Labute approximate surface area is 166 Å². The molecule has 1 aliphatic heterocycles. The number of hydrogen-bond donors (Lipinski definition) is 1. The number of nitrogens with zero attached hydrogens (tertiary/aromatic N) is 1. The summed E-state index contributed by atoms with van der Waals surface area (Å²) in [5.41, 5.74) is 1.80. The highest BCUT2D eigenvalue weighted by Gasteiger charge is 2.34. The fourth-order valence-corrected chi connectivity index (χ4v) is 5.77. The molecule has 0 spiro atoms. The van der Waals surface area contributed by atoms with E-state index in [0.29, 0.717) is 23.7 Å². The lowest BCUT2D eigenvalue weighted by molar-refractivity contribution is 0.191. The fourth-order valence-electron chi connectivity index (χ4n) is 4.71. The summed E-state index contributed by atoms with van der Waals surface area (Å²) in [6.45, 7) is 3.56. The summed E-state index contributed by atoms with van der Waals surface area (Å²) in [6, 6.07) is 13.9. The molecule has 2 aliphatic rings. The van der Waals surface area contributed by atoms with E-state index in [-0.39, 0.29) is 4.90 Å². The van der Waals surface area contributed by atoms with Crippen LogP contribution in [0.15, 0.2) is 53.4 Å². The van der Waals surface area contributed by atoms with Gasteiger partial charge < -0.3 is 0 Å². The van der Waals surface area contributed by atoms with E-state index in [9.17, 15) is 12.8 Å². The first-order valence-corrected chi connectivity index (χ1v) is 11.5. The van der Waals surface area contributed by atoms with E-state index >= 15 is 0 Å². The van der Waals surface area contributed by atoms with Gasteiger partial charge in [-0.3, -0.25) is 9.62 Å². The van der Waals surface area contributed by atoms with Crippen molar-refractivity contribution in [1.82, 2.24) is 4.90 Å². The van der Waals surface area contributed by atoms with Crippen molar-refractivity contribution < 1.29 is 12.8 Å². The Bertz CT molecular complexity index is 913. The average molecular weight is 403 g/mol. The summed E-state index contributed by atoms with van der Waals surface area (Å²) in [7, 11) is -3.71. The van der Waals surface area contributed by atoms with Crippen LogP contribution >= 0.6 is 0 Å². The minimum atomic E-state index is -3.71. The monoisotopic (exact) mass is 402 g/mol. The normalized spacial score (nSPS) is 25.9. The number of nitrogens with one attached hydrogen (secondary N) is 1. The van der Waals surface area contributed by atoms with Crippen molar-refractivity contribution in [2.75, 3.05) is 11.3 Å². The molecule has 4 rings (SSSR count). The van der Waals surface area contributed by atoms with Gasteiger partial charge in [-0.1, -0.05) is 12.1 Å². The Balaban J connectivity index is 1.41. The highest BCUT2D eigenvalue weighted by atomic mass is 32.2. The van der Waals surface area contributed by atoms with E-state index < -0.39 is 15.8 Å². The molecule has 0 amide bonds. The van der Waals surface area contributed by atoms with E-state index in [1.54, 1.807) is 0 Å². The van der Waals surface area contributed by atoms with Crippen LogP contribution < -0.4 is 4.72 Å². The van der Waals surface area contributed by atoms with Gasteiger partial charge >= 0.3 is 0 Å². The third-order valence-electron chi connectivity index (χ3n) is 6.24. The predicted molar refractivity (Wildman–Crippen MR) is 109 cm³/mol. The summed E-state index contributed by atoms with van der Waals surface area (Å²) in [5.74, 6) is 0.0852. The molecular weight excluding hydrogens is 375 g/mol. The SMILES string of the molecule is C[C@H]1CCCN1[C@H]1CCC(c2ccc(NS(=O)(=O)c3ccc(F)cc3)cc2)C1. The summed E-state index contributed by atoms with van der Waals surface area (Å²) in [5, 5.41) is 0. The summed E-state index contributed by atoms with van der Waals surface area (Å²) >= 11 is 0. The summed E-state index contributed by atoms with van der Waals surface area (Å²) in [6.07, 6.45) is 6.24. The number of likely N-dealkylation sites (tertiary alicyclic amines) is 1. The van der Waals surface area contributed by atoms with Gasteiger partial charge in [0, 0.05) is 17.8 Å². The molecule has 1 unspecified atom stereocenters. The first-order chi connectivity index (χ1) is 13.4. The lowest BCUT2D eigenvalue weighted by atomic mass is 9.97. The van der Waals surface area contributed by atoms with Gasteiger partial charge in [0.1, 0.15) is 5.82 Å². The Morgan fingerprint density at radius 2 is 1.71 bits per heavy atom. The molecule has 150 valence electrons. The zero-order chi connectivity index (χ0) is 19.7. The lowest BCUT2D eigenvalue weighted by Gasteiger charge is -2.28. The summed E-state index contributed by atoms with van der Waals surface area (Å²) < 4.78 is 40.5. The molecule has 2 aromatic carbocycles. The molecule has 4 nitrogen and oxygen atoms in total. The molecule has 1 saturated heterocycles. The van der Waals surface area contributed by atoms with Crippen molar-refractivity contribution in [3.05, 3.63) is 59.9 Å². The lowest BCUT2D eigenvalue weighted by Crippen LogP contribution is -2.35. The number of sulfonamides is 1. The maximum atomic E-state index is 13.0. The Morgan fingerprint density at radius 3 is 2.36 bits per heavy atom.